The Bertz CT molecular complexity index is 741. The molecule has 118 valence electrons. The zero-order valence-electron chi connectivity index (χ0n) is 12.0. The topological polar surface area (TPSA) is 30.0 Å². The molecule has 0 amide bonds. The summed E-state index contributed by atoms with van der Waals surface area (Å²) in [6.07, 6.45) is 1.69. The van der Waals surface area contributed by atoms with Gasteiger partial charge in [0.1, 0.15) is 11.6 Å². The van der Waals surface area contributed by atoms with Gasteiger partial charge in [0.2, 0.25) is 0 Å². The zero-order valence-corrected chi connectivity index (χ0v) is 13.6. The van der Waals surface area contributed by atoms with Gasteiger partial charge in [0.25, 0.3) is 0 Å². The molecule has 1 aromatic heterocycles. The van der Waals surface area contributed by atoms with E-state index in [0.29, 0.717) is 5.75 Å². The van der Waals surface area contributed by atoms with Crippen LogP contribution in [0.25, 0.3) is 0 Å². The molecule has 1 atom stereocenters. The second-order valence-corrected chi connectivity index (χ2v) is 7.47. The standard InChI is InChI=1S/C17H13F2NOS2/c18-14-5-1-12(2-6-14)17(13-3-7-15(19)8-4-13)23(21)10-16-9-20-11-22-16/h1-9,11,17H,10H2/t23-/m1/s1. The van der Waals surface area contributed by atoms with Crippen molar-refractivity contribution in [1.82, 2.24) is 4.98 Å². The van der Waals surface area contributed by atoms with E-state index in [1.165, 1.54) is 35.6 Å². The first kappa shape index (κ1) is 16.0. The number of nitrogens with zero attached hydrogens (tertiary/aromatic N) is 1. The van der Waals surface area contributed by atoms with Crippen molar-refractivity contribution < 1.29 is 13.0 Å². The van der Waals surface area contributed by atoms with E-state index in [9.17, 15) is 13.0 Å². The molecule has 0 unspecified atom stereocenters. The number of thiazole rings is 1. The van der Waals surface area contributed by atoms with Crippen LogP contribution in [0.3, 0.4) is 0 Å². The van der Waals surface area contributed by atoms with Crippen molar-refractivity contribution in [3.63, 3.8) is 0 Å². The highest BCUT2D eigenvalue weighted by molar-refractivity contribution is 7.84. The average molecular weight is 349 g/mol. The van der Waals surface area contributed by atoms with Gasteiger partial charge >= 0.3 is 0 Å². The Morgan fingerprint density at radius 1 is 0.957 bits per heavy atom. The molecule has 0 aliphatic rings. The molecule has 0 bridgehead atoms. The third kappa shape index (κ3) is 3.89. The summed E-state index contributed by atoms with van der Waals surface area (Å²) < 4.78 is 39.2. The lowest BCUT2D eigenvalue weighted by Gasteiger charge is -2.17. The van der Waals surface area contributed by atoms with Crippen LogP contribution in [0, 0.1) is 11.6 Å². The van der Waals surface area contributed by atoms with Gasteiger partial charge in [-0.3, -0.25) is 9.19 Å². The molecule has 2 nitrogen and oxygen atoms in total. The van der Waals surface area contributed by atoms with Crippen LogP contribution in [0.15, 0.2) is 60.2 Å². The smallest absolute Gasteiger partial charge is 0.123 e. The number of benzene rings is 2. The van der Waals surface area contributed by atoms with Gasteiger partial charge in [-0.15, -0.1) is 11.3 Å². The molecule has 1 heterocycles. The predicted molar refractivity (Wildman–Crippen MR) is 88.6 cm³/mol. The first-order valence-corrected chi connectivity index (χ1v) is 9.15. The van der Waals surface area contributed by atoms with Crippen molar-refractivity contribution in [2.45, 2.75) is 11.0 Å². The Balaban J connectivity index is 1.97. The highest BCUT2D eigenvalue weighted by Crippen LogP contribution is 2.30. The van der Waals surface area contributed by atoms with Crippen molar-refractivity contribution in [3.05, 3.63) is 87.9 Å². The molecule has 0 saturated carbocycles. The van der Waals surface area contributed by atoms with E-state index in [1.807, 2.05) is 0 Å². The van der Waals surface area contributed by atoms with Crippen molar-refractivity contribution in [1.29, 1.82) is 0 Å². The minimum absolute atomic E-state index is 0.347. The average Bonchev–Trinajstić information content (AvgIpc) is 3.04. The van der Waals surface area contributed by atoms with Crippen LogP contribution in [0.5, 0.6) is 0 Å². The fraction of sp³-hybridized carbons (Fsp3) is 0.118. The van der Waals surface area contributed by atoms with Crippen LogP contribution < -0.4 is 0 Å². The first-order chi connectivity index (χ1) is 11.1. The quantitative estimate of drug-likeness (QED) is 0.681. The molecule has 3 rings (SSSR count). The molecule has 0 aliphatic carbocycles. The van der Waals surface area contributed by atoms with Crippen LogP contribution in [-0.2, 0) is 16.6 Å². The van der Waals surface area contributed by atoms with E-state index in [0.717, 1.165) is 16.0 Å². The van der Waals surface area contributed by atoms with Gasteiger partial charge in [-0.05, 0) is 35.4 Å². The van der Waals surface area contributed by atoms with Crippen LogP contribution in [-0.4, -0.2) is 9.19 Å². The third-order valence-electron chi connectivity index (χ3n) is 3.38. The van der Waals surface area contributed by atoms with E-state index in [2.05, 4.69) is 4.98 Å². The fourth-order valence-electron chi connectivity index (χ4n) is 2.31. The SMILES string of the molecule is O=[S@](Cc1cncs1)C(c1ccc(F)cc1)c1ccc(F)cc1. The summed E-state index contributed by atoms with van der Waals surface area (Å²) in [6, 6.07) is 11.8. The summed E-state index contributed by atoms with van der Waals surface area (Å²) >= 11 is 1.44. The highest BCUT2D eigenvalue weighted by Gasteiger charge is 2.22. The Labute approximate surface area is 139 Å². The number of hydrogen-bond acceptors (Lipinski definition) is 3. The summed E-state index contributed by atoms with van der Waals surface area (Å²) in [5, 5.41) is -0.446. The number of rotatable bonds is 5. The molecule has 3 aromatic rings. The monoisotopic (exact) mass is 349 g/mol. The van der Waals surface area contributed by atoms with E-state index in [4.69, 9.17) is 0 Å². The second-order valence-electron chi connectivity index (χ2n) is 4.98. The molecule has 0 spiro atoms. The molecule has 6 heteroatoms. The molecule has 0 fully saturated rings. The number of aromatic nitrogens is 1. The molecule has 0 aliphatic heterocycles. The summed E-state index contributed by atoms with van der Waals surface area (Å²) in [4.78, 5) is 4.90. The Morgan fingerprint density at radius 2 is 1.48 bits per heavy atom. The summed E-state index contributed by atoms with van der Waals surface area (Å²) in [5.41, 5.74) is 3.17. The van der Waals surface area contributed by atoms with Crippen LogP contribution in [0.2, 0.25) is 0 Å². The first-order valence-electron chi connectivity index (χ1n) is 6.89. The molecule has 23 heavy (non-hydrogen) atoms. The van der Waals surface area contributed by atoms with Gasteiger partial charge in [-0.25, -0.2) is 8.78 Å². The molecule has 0 radical (unpaired) electrons. The number of halogens is 2. The van der Waals surface area contributed by atoms with Crippen molar-refractivity contribution in [2.75, 3.05) is 0 Å². The minimum atomic E-state index is -1.28. The maximum atomic E-state index is 13.2. The number of hydrogen-bond donors (Lipinski definition) is 0. The predicted octanol–water partition coefficient (Wildman–Crippen LogP) is 4.46. The van der Waals surface area contributed by atoms with E-state index < -0.39 is 16.0 Å². The molecule has 0 saturated heterocycles. The van der Waals surface area contributed by atoms with Gasteiger partial charge in [0.15, 0.2) is 0 Å². The summed E-state index contributed by atoms with van der Waals surface area (Å²) in [5.74, 6) is -0.343. The summed E-state index contributed by atoms with van der Waals surface area (Å²) in [7, 11) is -1.28. The van der Waals surface area contributed by atoms with E-state index in [1.54, 1.807) is 36.0 Å². The van der Waals surface area contributed by atoms with Crippen molar-refractivity contribution in [2.24, 2.45) is 0 Å². The van der Waals surface area contributed by atoms with Crippen LogP contribution in [0.1, 0.15) is 21.3 Å². The molecular formula is C17H13F2NOS2. The lowest BCUT2D eigenvalue weighted by Crippen LogP contribution is -2.10. The van der Waals surface area contributed by atoms with Crippen LogP contribution >= 0.6 is 11.3 Å². The van der Waals surface area contributed by atoms with E-state index in [-0.39, 0.29) is 11.6 Å². The van der Waals surface area contributed by atoms with Gasteiger partial charge in [0, 0.05) is 21.9 Å². The summed E-state index contributed by atoms with van der Waals surface area (Å²) in [6.45, 7) is 0. The van der Waals surface area contributed by atoms with E-state index >= 15 is 0 Å². The maximum absolute atomic E-state index is 13.2. The molecule has 2 aromatic carbocycles. The maximum Gasteiger partial charge on any atom is 0.123 e. The van der Waals surface area contributed by atoms with Crippen molar-refractivity contribution in [3.8, 4) is 0 Å². The second kappa shape index (κ2) is 7.10. The third-order valence-corrected chi connectivity index (χ3v) is 6.00. The largest absolute Gasteiger partial charge is 0.258 e. The normalized spacial score (nSPS) is 12.5. The molecular weight excluding hydrogens is 336 g/mol. The lowest BCUT2D eigenvalue weighted by atomic mass is 10.0. The van der Waals surface area contributed by atoms with Gasteiger partial charge in [-0.1, -0.05) is 24.3 Å². The lowest BCUT2D eigenvalue weighted by molar-refractivity contribution is 0.626. The van der Waals surface area contributed by atoms with Crippen LogP contribution in [0.4, 0.5) is 8.78 Å². The Kier molecular flexibility index (Phi) is 4.93. The zero-order chi connectivity index (χ0) is 16.2. The Hall–Kier alpha value is -1.92. The Morgan fingerprint density at radius 3 is 1.91 bits per heavy atom. The van der Waals surface area contributed by atoms with Gasteiger partial charge in [0.05, 0.1) is 16.5 Å². The fourth-order valence-corrected chi connectivity index (χ4v) is 4.75. The van der Waals surface area contributed by atoms with Gasteiger partial charge in [-0.2, -0.15) is 0 Å². The highest BCUT2D eigenvalue weighted by atomic mass is 32.2. The van der Waals surface area contributed by atoms with Crippen molar-refractivity contribution >= 4 is 22.1 Å². The molecule has 0 N–H and O–H groups in total. The minimum Gasteiger partial charge on any atom is -0.258 e. The van der Waals surface area contributed by atoms with Gasteiger partial charge < -0.3 is 0 Å².